The van der Waals surface area contributed by atoms with Crippen molar-refractivity contribution in [2.24, 2.45) is 0 Å². The number of aromatic nitrogens is 2. The number of H-pyrrole nitrogens is 1. The Balaban J connectivity index is 1.29. The Hall–Kier alpha value is -3.08. The SMILES string of the molecule is O=C(c1ccc(CN2CCS(=O)(=O)CC2)cc1)N1CCc2[nH]nc(-c3cc(Cl)c(O)cc3O)c2C1. The number of phenols is 2. The van der Waals surface area contributed by atoms with Crippen molar-refractivity contribution in [3.63, 3.8) is 0 Å². The number of aromatic amines is 1. The summed E-state index contributed by atoms with van der Waals surface area (Å²) >= 11 is 6.04. The first kappa shape index (κ1) is 23.7. The lowest BCUT2D eigenvalue weighted by Gasteiger charge is -2.28. The molecule has 0 spiro atoms. The van der Waals surface area contributed by atoms with Gasteiger partial charge in [-0.2, -0.15) is 5.10 Å². The Morgan fingerprint density at radius 2 is 1.77 bits per heavy atom. The van der Waals surface area contributed by atoms with E-state index in [1.165, 1.54) is 12.1 Å². The summed E-state index contributed by atoms with van der Waals surface area (Å²) in [6.07, 6.45) is 0.594. The summed E-state index contributed by atoms with van der Waals surface area (Å²) in [5.74, 6) is -0.101. The molecular formula is C24H25ClN4O5S. The summed E-state index contributed by atoms with van der Waals surface area (Å²) in [5, 5.41) is 27.5. The van der Waals surface area contributed by atoms with Crippen LogP contribution in [0.4, 0.5) is 0 Å². The van der Waals surface area contributed by atoms with Crippen LogP contribution in [0.15, 0.2) is 36.4 Å². The van der Waals surface area contributed by atoms with Crippen LogP contribution in [-0.4, -0.2) is 75.7 Å². The average Bonchev–Trinajstić information content (AvgIpc) is 3.26. The minimum atomic E-state index is -2.91. The molecule has 184 valence electrons. The van der Waals surface area contributed by atoms with E-state index in [4.69, 9.17) is 11.6 Å². The molecule has 3 aromatic rings. The Kier molecular flexibility index (Phi) is 6.20. The number of nitrogens with zero attached hydrogens (tertiary/aromatic N) is 3. The Bertz CT molecular complexity index is 1370. The van der Waals surface area contributed by atoms with Crippen molar-refractivity contribution in [3.8, 4) is 22.8 Å². The molecule has 2 aliphatic rings. The van der Waals surface area contributed by atoms with Crippen LogP contribution < -0.4 is 0 Å². The number of carbonyl (C=O) groups excluding carboxylic acids is 1. The lowest BCUT2D eigenvalue weighted by molar-refractivity contribution is 0.0734. The first-order valence-electron chi connectivity index (χ1n) is 11.3. The summed E-state index contributed by atoms with van der Waals surface area (Å²) in [7, 11) is -2.91. The van der Waals surface area contributed by atoms with E-state index >= 15 is 0 Å². The molecule has 9 nitrogen and oxygen atoms in total. The molecule has 2 aromatic carbocycles. The van der Waals surface area contributed by atoms with Crippen LogP contribution in [0.25, 0.3) is 11.3 Å². The number of hydrogen-bond donors (Lipinski definition) is 3. The van der Waals surface area contributed by atoms with Gasteiger partial charge in [0.15, 0.2) is 9.84 Å². The third-order valence-electron chi connectivity index (χ3n) is 6.59. The zero-order valence-electron chi connectivity index (χ0n) is 18.9. The second-order valence-electron chi connectivity index (χ2n) is 8.95. The molecule has 35 heavy (non-hydrogen) atoms. The van der Waals surface area contributed by atoms with Gasteiger partial charge in [0, 0.05) is 67.6 Å². The maximum Gasteiger partial charge on any atom is 0.254 e. The summed E-state index contributed by atoms with van der Waals surface area (Å²) in [6, 6.07) is 10.1. The number of halogens is 1. The van der Waals surface area contributed by atoms with Gasteiger partial charge in [0.25, 0.3) is 5.91 Å². The maximum atomic E-state index is 13.2. The van der Waals surface area contributed by atoms with Gasteiger partial charge in [0.2, 0.25) is 0 Å². The van der Waals surface area contributed by atoms with Gasteiger partial charge in [0.1, 0.15) is 17.2 Å². The first-order chi connectivity index (χ1) is 16.7. The molecule has 1 amide bonds. The van der Waals surface area contributed by atoms with Crippen LogP contribution >= 0.6 is 11.6 Å². The van der Waals surface area contributed by atoms with Crippen molar-refractivity contribution in [2.45, 2.75) is 19.5 Å². The van der Waals surface area contributed by atoms with Crippen molar-refractivity contribution in [1.82, 2.24) is 20.0 Å². The van der Waals surface area contributed by atoms with Gasteiger partial charge in [-0.1, -0.05) is 23.7 Å². The molecule has 3 heterocycles. The second kappa shape index (κ2) is 9.18. The van der Waals surface area contributed by atoms with E-state index in [9.17, 15) is 23.4 Å². The molecular weight excluding hydrogens is 492 g/mol. The van der Waals surface area contributed by atoms with E-state index in [2.05, 4.69) is 15.1 Å². The van der Waals surface area contributed by atoms with Crippen molar-refractivity contribution in [1.29, 1.82) is 0 Å². The molecule has 0 atom stereocenters. The molecule has 1 aromatic heterocycles. The Morgan fingerprint density at radius 3 is 2.49 bits per heavy atom. The molecule has 1 fully saturated rings. The molecule has 11 heteroatoms. The molecule has 0 saturated carbocycles. The number of hydrogen-bond acceptors (Lipinski definition) is 7. The van der Waals surface area contributed by atoms with E-state index in [1.807, 2.05) is 12.1 Å². The number of nitrogens with one attached hydrogen (secondary N) is 1. The van der Waals surface area contributed by atoms with Crippen LogP contribution in [0, 0.1) is 0 Å². The molecule has 0 radical (unpaired) electrons. The molecule has 5 rings (SSSR count). The minimum Gasteiger partial charge on any atom is -0.507 e. The number of sulfone groups is 1. The quantitative estimate of drug-likeness (QED) is 0.486. The fourth-order valence-corrected chi connectivity index (χ4v) is 5.97. The van der Waals surface area contributed by atoms with Gasteiger partial charge in [-0.3, -0.25) is 14.8 Å². The average molecular weight is 517 g/mol. The fourth-order valence-electron chi connectivity index (χ4n) is 4.53. The van der Waals surface area contributed by atoms with Crippen molar-refractivity contribution >= 4 is 27.3 Å². The van der Waals surface area contributed by atoms with Crippen LogP contribution in [0.3, 0.4) is 0 Å². The predicted octanol–water partition coefficient (Wildman–Crippen LogP) is 2.57. The summed E-state index contributed by atoms with van der Waals surface area (Å²) in [5.41, 5.74) is 4.17. The molecule has 0 bridgehead atoms. The minimum absolute atomic E-state index is 0.101. The lowest BCUT2D eigenvalue weighted by Crippen LogP contribution is -2.39. The van der Waals surface area contributed by atoms with Gasteiger partial charge in [-0.15, -0.1) is 0 Å². The largest absolute Gasteiger partial charge is 0.507 e. The van der Waals surface area contributed by atoms with Crippen LogP contribution in [-0.2, 0) is 29.3 Å². The number of phenolic OH excluding ortho intramolecular Hbond substituents is 2. The zero-order valence-corrected chi connectivity index (χ0v) is 20.4. The highest BCUT2D eigenvalue weighted by Gasteiger charge is 2.28. The van der Waals surface area contributed by atoms with E-state index in [1.54, 1.807) is 17.0 Å². The van der Waals surface area contributed by atoms with Crippen LogP contribution in [0.5, 0.6) is 11.5 Å². The number of benzene rings is 2. The van der Waals surface area contributed by atoms with E-state index in [0.717, 1.165) is 16.8 Å². The molecule has 2 aliphatic heterocycles. The highest BCUT2D eigenvalue weighted by atomic mass is 35.5. The van der Waals surface area contributed by atoms with Crippen LogP contribution in [0.1, 0.15) is 27.2 Å². The number of carbonyl (C=O) groups is 1. The Labute approximate surface area is 207 Å². The predicted molar refractivity (Wildman–Crippen MR) is 131 cm³/mol. The van der Waals surface area contributed by atoms with Gasteiger partial charge >= 0.3 is 0 Å². The number of amides is 1. The summed E-state index contributed by atoms with van der Waals surface area (Å²) < 4.78 is 23.2. The number of rotatable bonds is 4. The normalized spacial score (nSPS) is 17.8. The highest BCUT2D eigenvalue weighted by molar-refractivity contribution is 7.91. The van der Waals surface area contributed by atoms with E-state index in [-0.39, 0.29) is 33.9 Å². The van der Waals surface area contributed by atoms with E-state index in [0.29, 0.717) is 56.0 Å². The monoisotopic (exact) mass is 516 g/mol. The van der Waals surface area contributed by atoms with Crippen molar-refractivity contribution in [3.05, 3.63) is 63.8 Å². The third-order valence-corrected chi connectivity index (χ3v) is 8.50. The first-order valence-corrected chi connectivity index (χ1v) is 13.5. The fraction of sp³-hybridized carbons (Fsp3) is 0.333. The van der Waals surface area contributed by atoms with Crippen molar-refractivity contribution < 1.29 is 23.4 Å². The Morgan fingerprint density at radius 1 is 1.06 bits per heavy atom. The zero-order chi connectivity index (χ0) is 24.7. The molecule has 3 N–H and O–H groups in total. The highest BCUT2D eigenvalue weighted by Crippen LogP contribution is 2.39. The number of fused-ring (bicyclic) bond motifs is 1. The van der Waals surface area contributed by atoms with Gasteiger partial charge in [-0.25, -0.2) is 8.42 Å². The topological polar surface area (TPSA) is 127 Å². The van der Waals surface area contributed by atoms with Gasteiger partial charge < -0.3 is 15.1 Å². The maximum absolute atomic E-state index is 13.2. The molecule has 0 unspecified atom stereocenters. The molecule has 0 aliphatic carbocycles. The smallest absolute Gasteiger partial charge is 0.254 e. The third kappa shape index (κ3) is 4.86. The number of aromatic hydroxyl groups is 2. The standard InChI is InChI=1S/C24H25ClN4O5S/c25-19-11-17(21(30)12-22(19)31)23-18-14-29(6-5-20(18)26-27-23)24(32)16-3-1-15(2-4-16)13-28-7-9-35(33,34)10-8-28/h1-4,11-12,30-31H,5-10,13-14H2,(H,26,27). The summed E-state index contributed by atoms with van der Waals surface area (Å²) in [4.78, 5) is 17.1. The lowest BCUT2D eigenvalue weighted by atomic mass is 9.99. The van der Waals surface area contributed by atoms with E-state index < -0.39 is 9.84 Å². The second-order valence-corrected chi connectivity index (χ2v) is 11.7. The van der Waals surface area contributed by atoms with Crippen LogP contribution in [0.2, 0.25) is 5.02 Å². The summed E-state index contributed by atoms with van der Waals surface area (Å²) in [6.45, 7) is 2.54. The van der Waals surface area contributed by atoms with Gasteiger partial charge in [-0.05, 0) is 23.8 Å². The molecule has 1 saturated heterocycles. The van der Waals surface area contributed by atoms with Crippen molar-refractivity contribution in [2.75, 3.05) is 31.1 Å². The van der Waals surface area contributed by atoms with Gasteiger partial charge in [0.05, 0.1) is 16.5 Å².